The number of carbonyl (C=O) groups excluding carboxylic acids is 2. The number of hydrogen-bond acceptors (Lipinski definition) is 5. The van der Waals surface area contributed by atoms with Gasteiger partial charge in [-0.15, -0.1) is 0 Å². The fraction of sp³-hybridized carbons (Fsp3) is 0.444. The van der Waals surface area contributed by atoms with Crippen LogP contribution in [0.5, 0.6) is 0 Å². The van der Waals surface area contributed by atoms with Crippen LogP contribution in [-0.4, -0.2) is 39.9 Å². The number of hydroxylamine groups is 1. The number of amides is 2. The van der Waals surface area contributed by atoms with Crippen LogP contribution in [0.15, 0.2) is 12.3 Å². The number of carbonyl (C=O) groups is 3. The second kappa shape index (κ2) is 3.60. The Hall–Kier alpha value is -1.89. The van der Waals surface area contributed by atoms with Crippen LogP contribution in [0.2, 0.25) is 0 Å². The van der Waals surface area contributed by atoms with Crippen molar-refractivity contribution in [3.8, 4) is 0 Å². The molecule has 2 N–H and O–H groups in total. The van der Waals surface area contributed by atoms with Crippen LogP contribution in [0.1, 0.15) is 12.8 Å². The zero-order valence-electron chi connectivity index (χ0n) is 8.30. The van der Waals surface area contributed by atoms with Crippen LogP contribution >= 0.6 is 0 Å². The quantitative estimate of drug-likeness (QED) is 0.600. The summed E-state index contributed by atoms with van der Waals surface area (Å²) < 4.78 is 0. The summed E-state index contributed by atoms with van der Waals surface area (Å²) in [5.41, 5.74) is 1.13. The molecule has 0 aromatic heterocycles. The second-order valence-electron chi connectivity index (χ2n) is 3.61. The zero-order chi connectivity index (χ0) is 11.8. The van der Waals surface area contributed by atoms with Crippen LogP contribution < -0.4 is 5.48 Å². The van der Waals surface area contributed by atoms with Crippen molar-refractivity contribution in [3.05, 3.63) is 12.3 Å². The molecule has 0 saturated carbocycles. The lowest BCUT2D eigenvalue weighted by Crippen LogP contribution is -2.41. The van der Waals surface area contributed by atoms with Crippen LogP contribution in [0.25, 0.3) is 0 Å². The van der Waals surface area contributed by atoms with Crippen LogP contribution in [0, 0.1) is 0 Å². The minimum absolute atomic E-state index is 0.0883. The van der Waals surface area contributed by atoms with Crippen LogP contribution in [0.3, 0.4) is 0 Å². The Labute approximate surface area is 90.6 Å². The molecule has 1 spiro atoms. The Bertz CT molecular complexity index is 391. The van der Waals surface area contributed by atoms with E-state index in [0.29, 0.717) is 0 Å². The fourth-order valence-electron chi connectivity index (χ4n) is 1.72. The minimum atomic E-state index is -1.27. The largest absolute Gasteiger partial charge is 0.481 e. The van der Waals surface area contributed by atoms with Gasteiger partial charge in [-0.3, -0.25) is 29.6 Å². The van der Waals surface area contributed by atoms with E-state index in [1.165, 1.54) is 12.3 Å². The molecular formula is C9H10N2O5. The van der Waals surface area contributed by atoms with Gasteiger partial charge in [-0.25, -0.2) is 0 Å². The lowest BCUT2D eigenvalue weighted by Gasteiger charge is -2.17. The third kappa shape index (κ3) is 1.54. The molecule has 0 aromatic carbocycles. The molecule has 2 aliphatic heterocycles. The number of aliphatic carboxylic acids is 1. The molecule has 1 atom stereocenters. The lowest BCUT2D eigenvalue weighted by atomic mass is 10.0. The smallest absolute Gasteiger partial charge is 0.305 e. The third-order valence-corrected chi connectivity index (χ3v) is 2.53. The highest BCUT2D eigenvalue weighted by atomic mass is 16.7. The Kier molecular flexibility index (Phi) is 2.39. The van der Waals surface area contributed by atoms with Gasteiger partial charge in [0.15, 0.2) is 0 Å². The van der Waals surface area contributed by atoms with Gasteiger partial charge >= 0.3 is 5.97 Å². The van der Waals surface area contributed by atoms with Gasteiger partial charge in [-0.2, -0.15) is 0 Å². The normalized spacial score (nSPS) is 27.9. The highest BCUT2D eigenvalue weighted by Crippen LogP contribution is 2.31. The second-order valence-corrected chi connectivity index (χ2v) is 3.61. The average Bonchev–Trinajstić information content (AvgIpc) is 2.74. The number of likely N-dealkylation sites (tertiary alicyclic amines) is 1. The zero-order valence-corrected chi connectivity index (χ0v) is 8.30. The molecular weight excluding hydrogens is 216 g/mol. The summed E-state index contributed by atoms with van der Waals surface area (Å²) in [6.07, 6.45) is 2.56. The Balaban J connectivity index is 2.11. The van der Waals surface area contributed by atoms with E-state index in [1.54, 1.807) is 0 Å². The topological polar surface area (TPSA) is 95.9 Å². The maximum absolute atomic E-state index is 11.8. The standard InChI is InChI=1S/C9H10N2O5/c12-6-5-9(2-3-10-16-9)8(15)11(6)4-1-7(13)14/h2-3,10H,1,4-5H2,(H,13,14). The molecule has 0 radical (unpaired) electrons. The van der Waals surface area contributed by atoms with Crippen molar-refractivity contribution in [2.75, 3.05) is 6.54 Å². The van der Waals surface area contributed by atoms with E-state index in [-0.39, 0.29) is 19.4 Å². The molecule has 2 rings (SSSR count). The fourth-order valence-corrected chi connectivity index (χ4v) is 1.72. The van der Waals surface area contributed by atoms with Crippen molar-refractivity contribution in [1.82, 2.24) is 10.4 Å². The summed E-state index contributed by atoms with van der Waals surface area (Å²) in [6, 6.07) is 0. The lowest BCUT2D eigenvalue weighted by molar-refractivity contribution is -0.148. The molecule has 2 amide bonds. The first-order chi connectivity index (χ1) is 7.55. The highest BCUT2D eigenvalue weighted by Gasteiger charge is 2.53. The van der Waals surface area contributed by atoms with Crippen molar-refractivity contribution in [3.63, 3.8) is 0 Å². The third-order valence-electron chi connectivity index (χ3n) is 2.53. The number of hydrogen-bond donors (Lipinski definition) is 2. The number of nitrogens with zero attached hydrogens (tertiary/aromatic N) is 1. The summed E-state index contributed by atoms with van der Waals surface area (Å²) in [4.78, 5) is 39.7. The van der Waals surface area contributed by atoms with Crippen molar-refractivity contribution in [2.24, 2.45) is 0 Å². The van der Waals surface area contributed by atoms with Crippen molar-refractivity contribution in [2.45, 2.75) is 18.4 Å². The van der Waals surface area contributed by atoms with E-state index in [1.807, 2.05) is 0 Å². The molecule has 7 nitrogen and oxygen atoms in total. The summed E-state index contributed by atoms with van der Waals surface area (Å²) in [5.74, 6) is -1.98. The molecule has 1 saturated heterocycles. The Morgan fingerprint density at radius 3 is 2.94 bits per heavy atom. The summed E-state index contributed by atoms with van der Waals surface area (Å²) in [5, 5.41) is 8.50. The maximum atomic E-state index is 11.8. The Morgan fingerprint density at radius 1 is 1.62 bits per heavy atom. The predicted molar refractivity (Wildman–Crippen MR) is 49.7 cm³/mol. The molecule has 1 unspecified atom stereocenters. The van der Waals surface area contributed by atoms with E-state index >= 15 is 0 Å². The molecule has 1 fully saturated rings. The van der Waals surface area contributed by atoms with Crippen molar-refractivity contribution in [1.29, 1.82) is 0 Å². The van der Waals surface area contributed by atoms with E-state index in [9.17, 15) is 14.4 Å². The van der Waals surface area contributed by atoms with Gasteiger partial charge in [0.1, 0.15) is 0 Å². The van der Waals surface area contributed by atoms with Crippen molar-refractivity contribution < 1.29 is 24.3 Å². The SMILES string of the molecule is O=C(O)CCN1C(=O)CC2(C=CNO2)C1=O. The molecule has 2 aliphatic rings. The monoisotopic (exact) mass is 226 g/mol. The average molecular weight is 226 g/mol. The van der Waals surface area contributed by atoms with Gasteiger partial charge < -0.3 is 5.11 Å². The first-order valence-electron chi connectivity index (χ1n) is 4.73. The van der Waals surface area contributed by atoms with Gasteiger partial charge in [0.2, 0.25) is 11.5 Å². The van der Waals surface area contributed by atoms with Gasteiger partial charge in [-0.05, 0) is 6.08 Å². The maximum Gasteiger partial charge on any atom is 0.305 e. The van der Waals surface area contributed by atoms with Gasteiger partial charge in [0.25, 0.3) is 5.91 Å². The van der Waals surface area contributed by atoms with Crippen LogP contribution in [0.4, 0.5) is 0 Å². The first-order valence-corrected chi connectivity index (χ1v) is 4.73. The molecule has 0 aliphatic carbocycles. The number of rotatable bonds is 3. The number of carboxylic acid groups (broad SMARTS) is 1. The summed E-state index contributed by atoms with van der Waals surface area (Å²) >= 11 is 0. The van der Waals surface area contributed by atoms with Crippen molar-refractivity contribution >= 4 is 17.8 Å². The van der Waals surface area contributed by atoms with Gasteiger partial charge in [0, 0.05) is 12.7 Å². The van der Waals surface area contributed by atoms with Gasteiger partial charge in [0.05, 0.1) is 12.8 Å². The molecule has 0 aromatic rings. The molecule has 7 heteroatoms. The Morgan fingerprint density at radius 2 is 2.38 bits per heavy atom. The van der Waals surface area contributed by atoms with Crippen LogP contribution in [-0.2, 0) is 19.2 Å². The predicted octanol–water partition coefficient (Wildman–Crippen LogP) is -0.993. The summed E-state index contributed by atoms with van der Waals surface area (Å²) in [6.45, 7) is -0.119. The van der Waals surface area contributed by atoms with E-state index in [0.717, 1.165) is 4.90 Å². The first kappa shape index (κ1) is 10.6. The highest BCUT2D eigenvalue weighted by molar-refractivity contribution is 6.09. The minimum Gasteiger partial charge on any atom is -0.481 e. The van der Waals surface area contributed by atoms with E-state index < -0.39 is 23.4 Å². The molecule has 2 heterocycles. The molecule has 0 bridgehead atoms. The molecule has 86 valence electrons. The number of imide groups is 1. The van der Waals surface area contributed by atoms with Gasteiger partial charge in [-0.1, -0.05) is 0 Å². The van der Waals surface area contributed by atoms with E-state index in [4.69, 9.17) is 9.94 Å². The summed E-state index contributed by atoms with van der Waals surface area (Å²) in [7, 11) is 0. The number of carboxylic acids is 1. The van der Waals surface area contributed by atoms with E-state index in [2.05, 4.69) is 5.48 Å². The molecule has 16 heavy (non-hydrogen) atoms. The number of nitrogens with one attached hydrogen (secondary N) is 1.